The Balaban J connectivity index is 2.46. The van der Waals surface area contributed by atoms with Crippen molar-refractivity contribution in [2.24, 2.45) is 11.1 Å². The molecule has 1 saturated heterocycles. The maximum Gasteiger partial charge on any atom is 0.237 e. The molecule has 1 aliphatic rings. The summed E-state index contributed by atoms with van der Waals surface area (Å²) in [6.45, 7) is 11.3. The molecule has 0 spiro atoms. The zero-order chi connectivity index (χ0) is 13.1. The number of likely N-dealkylation sites (N-methyl/N-ethyl adjacent to an activating group) is 1. The van der Waals surface area contributed by atoms with E-state index in [9.17, 15) is 4.79 Å². The van der Waals surface area contributed by atoms with Crippen LogP contribution in [0.1, 0.15) is 40.5 Å². The Bertz CT molecular complexity index is 260. The van der Waals surface area contributed by atoms with Gasteiger partial charge in [0.1, 0.15) is 0 Å². The minimum atomic E-state index is -0.431. The first kappa shape index (κ1) is 14.5. The Morgan fingerprint density at radius 3 is 2.71 bits per heavy atom. The van der Waals surface area contributed by atoms with Crippen molar-refractivity contribution in [3.8, 4) is 0 Å². The number of hydrogen-bond donors (Lipinski definition) is 2. The van der Waals surface area contributed by atoms with Gasteiger partial charge in [0, 0.05) is 12.6 Å². The third kappa shape index (κ3) is 4.28. The standard InChI is InChI=1S/C13H27N3O/c1-5-16-8-6-7-10(9-16)15-12(17)11(14)13(2,3)4/h10-11H,5-9,14H2,1-4H3,(H,15,17)/t10?,11-/m1/s1. The average molecular weight is 241 g/mol. The second-order valence-corrected chi connectivity index (χ2v) is 6.08. The summed E-state index contributed by atoms with van der Waals surface area (Å²) in [6.07, 6.45) is 2.22. The van der Waals surface area contributed by atoms with Gasteiger partial charge in [-0.2, -0.15) is 0 Å². The van der Waals surface area contributed by atoms with Gasteiger partial charge in [0.05, 0.1) is 6.04 Å². The van der Waals surface area contributed by atoms with Crippen molar-refractivity contribution in [1.29, 1.82) is 0 Å². The van der Waals surface area contributed by atoms with E-state index in [1.54, 1.807) is 0 Å². The summed E-state index contributed by atoms with van der Waals surface area (Å²) in [4.78, 5) is 14.4. The molecule has 1 aliphatic heterocycles. The molecule has 0 aromatic heterocycles. The molecule has 1 rings (SSSR count). The number of amides is 1. The lowest BCUT2D eigenvalue weighted by Gasteiger charge is -2.34. The van der Waals surface area contributed by atoms with Crippen LogP contribution in [0.3, 0.4) is 0 Å². The fourth-order valence-corrected chi connectivity index (χ4v) is 2.14. The molecule has 0 aromatic carbocycles. The first-order chi connectivity index (χ1) is 7.84. The van der Waals surface area contributed by atoms with Gasteiger partial charge in [-0.3, -0.25) is 4.79 Å². The van der Waals surface area contributed by atoms with Crippen LogP contribution in [0.5, 0.6) is 0 Å². The minimum Gasteiger partial charge on any atom is -0.351 e. The van der Waals surface area contributed by atoms with Gasteiger partial charge in [0.2, 0.25) is 5.91 Å². The fraction of sp³-hybridized carbons (Fsp3) is 0.923. The summed E-state index contributed by atoms with van der Waals surface area (Å²) in [6, 6.07) is -0.163. The molecule has 1 fully saturated rings. The lowest BCUT2D eigenvalue weighted by molar-refractivity contribution is -0.125. The Morgan fingerprint density at radius 1 is 1.53 bits per heavy atom. The zero-order valence-corrected chi connectivity index (χ0v) is 11.6. The third-order valence-electron chi connectivity index (χ3n) is 3.51. The molecule has 3 N–H and O–H groups in total. The summed E-state index contributed by atoms with van der Waals surface area (Å²) >= 11 is 0. The molecule has 1 amide bonds. The topological polar surface area (TPSA) is 58.4 Å². The van der Waals surface area contributed by atoms with Crippen molar-refractivity contribution >= 4 is 5.91 Å². The highest BCUT2D eigenvalue weighted by Gasteiger charge is 2.29. The van der Waals surface area contributed by atoms with Crippen molar-refractivity contribution < 1.29 is 4.79 Å². The molecule has 0 saturated carbocycles. The zero-order valence-electron chi connectivity index (χ0n) is 11.6. The van der Waals surface area contributed by atoms with E-state index in [1.807, 2.05) is 20.8 Å². The van der Waals surface area contributed by atoms with Crippen molar-refractivity contribution in [3.05, 3.63) is 0 Å². The number of nitrogens with zero attached hydrogens (tertiary/aromatic N) is 1. The fourth-order valence-electron chi connectivity index (χ4n) is 2.14. The highest BCUT2D eigenvalue weighted by Crippen LogP contribution is 2.18. The van der Waals surface area contributed by atoms with Crippen molar-refractivity contribution in [2.45, 2.75) is 52.6 Å². The monoisotopic (exact) mass is 241 g/mol. The molecule has 100 valence electrons. The number of nitrogens with two attached hydrogens (primary N) is 1. The number of nitrogens with one attached hydrogen (secondary N) is 1. The summed E-state index contributed by atoms with van der Waals surface area (Å²) in [7, 11) is 0. The highest BCUT2D eigenvalue weighted by molar-refractivity contribution is 5.82. The van der Waals surface area contributed by atoms with Crippen LogP contribution < -0.4 is 11.1 Å². The number of rotatable bonds is 3. The first-order valence-corrected chi connectivity index (χ1v) is 6.63. The second-order valence-electron chi connectivity index (χ2n) is 6.08. The SMILES string of the molecule is CCN1CCCC(NC(=O)[C@@H](N)C(C)(C)C)C1. The van der Waals surface area contributed by atoms with Gasteiger partial charge in [-0.1, -0.05) is 27.7 Å². The van der Waals surface area contributed by atoms with Gasteiger partial charge in [-0.15, -0.1) is 0 Å². The van der Waals surface area contributed by atoms with Crippen LogP contribution in [0.4, 0.5) is 0 Å². The second kappa shape index (κ2) is 5.83. The molecule has 2 atom stereocenters. The van der Waals surface area contributed by atoms with E-state index < -0.39 is 6.04 Å². The molecular weight excluding hydrogens is 214 g/mol. The van der Waals surface area contributed by atoms with E-state index in [-0.39, 0.29) is 17.4 Å². The Labute approximate surface area is 105 Å². The summed E-state index contributed by atoms with van der Waals surface area (Å²) in [5, 5.41) is 3.08. The lowest BCUT2D eigenvalue weighted by atomic mass is 9.86. The summed E-state index contributed by atoms with van der Waals surface area (Å²) in [5.41, 5.74) is 5.78. The van der Waals surface area contributed by atoms with Gasteiger partial charge in [0.15, 0.2) is 0 Å². The van der Waals surface area contributed by atoms with Crippen molar-refractivity contribution in [1.82, 2.24) is 10.2 Å². The molecule has 0 aliphatic carbocycles. The molecule has 0 radical (unpaired) electrons. The van der Waals surface area contributed by atoms with Crippen LogP contribution in [-0.2, 0) is 4.79 Å². The van der Waals surface area contributed by atoms with Crippen LogP contribution in [0.2, 0.25) is 0 Å². The quantitative estimate of drug-likeness (QED) is 0.774. The van der Waals surface area contributed by atoms with E-state index in [0.717, 1.165) is 32.5 Å². The predicted octanol–water partition coefficient (Wildman–Crippen LogP) is 0.960. The lowest BCUT2D eigenvalue weighted by Crippen LogP contribution is -2.55. The number of hydrogen-bond acceptors (Lipinski definition) is 3. The molecule has 0 aromatic rings. The van der Waals surface area contributed by atoms with E-state index >= 15 is 0 Å². The largest absolute Gasteiger partial charge is 0.351 e. The van der Waals surface area contributed by atoms with Gasteiger partial charge < -0.3 is 16.0 Å². The Kier molecular flexibility index (Phi) is 4.95. The van der Waals surface area contributed by atoms with Crippen LogP contribution in [0.15, 0.2) is 0 Å². The normalized spacial score (nSPS) is 24.4. The smallest absolute Gasteiger partial charge is 0.237 e. The van der Waals surface area contributed by atoms with Crippen LogP contribution in [0.25, 0.3) is 0 Å². The third-order valence-corrected chi connectivity index (χ3v) is 3.51. The van der Waals surface area contributed by atoms with E-state index in [1.165, 1.54) is 0 Å². The molecular formula is C13H27N3O. The van der Waals surface area contributed by atoms with Crippen LogP contribution in [-0.4, -0.2) is 42.5 Å². The van der Waals surface area contributed by atoms with Gasteiger partial charge in [-0.25, -0.2) is 0 Å². The number of likely N-dealkylation sites (tertiary alicyclic amines) is 1. The highest BCUT2D eigenvalue weighted by atomic mass is 16.2. The van der Waals surface area contributed by atoms with Gasteiger partial charge in [-0.05, 0) is 31.3 Å². The maximum atomic E-state index is 12.0. The molecule has 17 heavy (non-hydrogen) atoms. The first-order valence-electron chi connectivity index (χ1n) is 6.63. The van der Waals surface area contributed by atoms with Crippen LogP contribution >= 0.6 is 0 Å². The summed E-state index contributed by atoms with van der Waals surface area (Å²) < 4.78 is 0. The number of piperidine rings is 1. The minimum absolute atomic E-state index is 0.0135. The van der Waals surface area contributed by atoms with Gasteiger partial charge >= 0.3 is 0 Å². The Hall–Kier alpha value is -0.610. The predicted molar refractivity (Wildman–Crippen MR) is 70.7 cm³/mol. The van der Waals surface area contributed by atoms with E-state index in [2.05, 4.69) is 17.1 Å². The molecule has 4 heteroatoms. The van der Waals surface area contributed by atoms with Crippen molar-refractivity contribution in [3.63, 3.8) is 0 Å². The molecule has 0 bridgehead atoms. The molecule has 1 heterocycles. The maximum absolute atomic E-state index is 12.0. The van der Waals surface area contributed by atoms with Crippen LogP contribution in [0, 0.1) is 5.41 Å². The van der Waals surface area contributed by atoms with Crippen molar-refractivity contribution in [2.75, 3.05) is 19.6 Å². The molecule has 4 nitrogen and oxygen atoms in total. The van der Waals surface area contributed by atoms with E-state index in [0.29, 0.717) is 0 Å². The van der Waals surface area contributed by atoms with Gasteiger partial charge in [0.25, 0.3) is 0 Å². The number of carbonyl (C=O) groups excluding carboxylic acids is 1. The molecule has 1 unspecified atom stereocenters. The average Bonchev–Trinajstić information content (AvgIpc) is 2.27. The van der Waals surface area contributed by atoms with E-state index in [4.69, 9.17) is 5.73 Å². The number of carbonyl (C=O) groups is 1. The summed E-state index contributed by atoms with van der Waals surface area (Å²) in [5.74, 6) is -0.0135. The Morgan fingerprint density at radius 2 is 2.18 bits per heavy atom.